The Morgan fingerprint density at radius 3 is 2.68 bits per heavy atom. The molecule has 1 aromatic heterocycles. The van der Waals surface area contributed by atoms with Crippen LogP contribution < -0.4 is 5.32 Å². The molecule has 0 bridgehead atoms. The second-order valence-electron chi connectivity index (χ2n) is 5.56. The molecule has 22 heavy (non-hydrogen) atoms. The standard InChI is InChI=1S/C16H24N2O4/c1-4-21-12(3)15(19)17-13-5-8-18(9-6-13)16(20)14-7-10-22-11(14)2/h7,10,12-13H,4-6,8-9H2,1-3H3,(H,17,19)/t12-/m0/s1. The zero-order valence-corrected chi connectivity index (χ0v) is 13.4. The molecule has 1 aromatic rings. The van der Waals surface area contributed by atoms with E-state index in [1.807, 2.05) is 11.8 Å². The number of hydrogen-bond acceptors (Lipinski definition) is 4. The van der Waals surface area contributed by atoms with E-state index in [0.29, 0.717) is 31.0 Å². The molecule has 2 amide bonds. The number of carbonyl (C=O) groups excluding carboxylic acids is 2. The van der Waals surface area contributed by atoms with E-state index in [1.165, 1.54) is 6.26 Å². The van der Waals surface area contributed by atoms with Gasteiger partial charge in [0.2, 0.25) is 5.91 Å². The first-order valence-electron chi connectivity index (χ1n) is 7.78. The fourth-order valence-corrected chi connectivity index (χ4v) is 2.65. The lowest BCUT2D eigenvalue weighted by molar-refractivity contribution is -0.132. The molecular weight excluding hydrogens is 284 g/mol. The summed E-state index contributed by atoms with van der Waals surface area (Å²) in [5, 5.41) is 2.99. The van der Waals surface area contributed by atoms with Gasteiger partial charge in [0, 0.05) is 25.7 Å². The summed E-state index contributed by atoms with van der Waals surface area (Å²) in [7, 11) is 0. The zero-order chi connectivity index (χ0) is 16.1. The van der Waals surface area contributed by atoms with E-state index in [0.717, 1.165) is 12.8 Å². The van der Waals surface area contributed by atoms with E-state index < -0.39 is 6.10 Å². The van der Waals surface area contributed by atoms with Crippen LogP contribution in [0.3, 0.4) is 0 Å². The van der Waals surface area contributed by atoms with Gasteiger partial charge in [0.05, 0.1) is 11.8 Å². The maximum atomic E-state index is 12.4. The number of amides is 2. The minimum atomic E-state index is -0.432. The average molecular weight is 308 g/mol. The summed E-state index contributed by atoms with van der Waals surface area (Å²) in [6, 6.07) is 1.81. The summed E-state index contributed by atoms with van der Waals surface area (Å²) in [6.07, 6.45) is 2.61. The molecule has 1 aliphatic rings. The highest BCUT2D eigenvalue weighted by atomic mass is 16.5. The normalized spacial score (nSPS) is 17.3. The molecule has 2 heterocycles. The Balaban J connectivity index is 1.82. The highest BCUT2D eigenvalue weighted by Crippen LogP contribution is 2.17. The zero-order valence-electron chi connectivity index (χ0n) is 13.4. The number of rotatable bonds is 5. The quantitative estimate of drug-likeness (QED) is 0.899. The van der Waals surface area contributed by atoms with Crippen LogP contribution in [0.1, 0.15) is 42.8 Å². The molecule has 0 aliphatic carbocycles. The topological polar surface area (TPSA) is 71.8 Å². The van der Waals surface area contributed by atoms with Gasteiger partial charge in [0.15, 0.2) is 0 Å². The Morgan fingerprint density at radius 1 is 1.45 bits per heavy atom. The SMILES string of the molecule is CCO[C@@H](C)C(=O)NC1CCN(C(=O)c2ccoc2C)CC1. The predicted molar refractivity (Wildman–Crippen MR) is 81.6 cm³/mol. The Hall–Kier alpha value is -1.82. The fourth-order valence-electron chi connectivity index (χ4n) is 2.65. The van der Waals surface area contributed by atoms with Crippen LogP contribution in [-0.4, -0.2) is 48.6 Å². The largest absolute Gasteiger partial charge is 0.469 e. The molecular formula is C16H24N2O4. The Kier molecular flexibility index (Phi) is 5.60. The van der Waals surface area contributed by atoms with Crippen LogP contribution in [-0.2, 0) is 9.53 Å². The van der Waals surface area contributed by atoms with Gasteiger partial charge in [-0.3, -0.25) is 9.59 Å². The fraction of sp³-hybridized carbons (Fsp3) is 0.625. The van der Waals surface area contributed by atoms with E-state index in [-0.39, 0.29) is 17.9 Å². The minimum absolute atomic E-state index is 0.00119. The first-order valence-corrected chi connectivity index (χ1v) is 7.78. The lowest BCUT2D eigenvalue weighted by atomic mass is 10.0. The molecule has 6 nitrogen and oxygen atoms in total. The second-order valence-corrected chi connectivity index (χ2v) is 5.56. The van der Waals surface area contributed by atoms with Crippen molar-refractivity contribution in [2.45, 2.75) is 45.8 Å². The number of aryl methyl sites for hydroxylation is 1. The Bertz CT molecular complexity index is 518. The summed E-state index contributed by atoms with van der Waals surface area (Å²) in [4.78, 5) is 26.1. The number of likely N-dealkylation sites (tertiary alicyclic amines) is 1. The number of ether oxygens (including phenoxy) is 1. The lowest BCUT2D eigenvalue weighted by Crippen LogP contribution is -2.48. The van der Waals surface area contributed by atoms with Crippen molar-refractivity contribution in [3.63, 3.8) is 0 Å². The smallest absolute Gasteiger partial charge is 0.257 e. The van der Waals surface area contributed by atoms with Gasteiger partial charge in [0.25, 0.3) is 5.91 Å². The molecule has 2 rings (SSSR count). The van der Waals surface area contributed by atoms with E-state index in [1.54, 1.807) is 19.9 Å². The molecule has 0 aromatic carbocycles. The Morgan fingerprint density at radius 2 is 2.14 bits per heavy atom. The second kappa shape index (κ2) is 7.45. The molecule has 1 fully saturated rings. The maximum absolute atomic E-state index is 12.4. The van der Waals surface area contributed by atoms with Crippen LogP contribution in [0.2, 0.25) is 0 Å². The summed E-state index contributed by atoms with van der Waals surface area (Å²) in [5.41, 5.74) is 0.618. The van der Waals surface area contributed by atoms with E-state index in [9.17, 15) is 9.59 Å². The molecule has 1 atom stereocenters. The van der Waals surface area contributed by atoms with Gasteiger partial charge < -0.3 is 19.4 Å². The van der Waals surface area contributed by atoms with Crippen molar-refractivity contribution in [3.05, 3.63) is 23.7 Å². The first kappa shape index (κ1) is 16.5. The molecule has 6 heteroatoms. The molecule has 1 aliphatic heterocycles. The number of furan rings is 1. The molecule has 1 N–H and O–H groups in total. The van der Waals surface area contributed by atoms with E-state index in [2.05, 4.69) is 5.32 Å². The van der Waals surface area contributed by atoms with Gasteiger partial charge in [-0.15, -0.1) is 0 Å². The highest BCUT2D eigenvalue weighted by molar-refractivity contribution is 5.95. The van der Waals surface area contributed by atoms with Crippen LogP contribution in [0.15, 0.2) is 16.7 Å². The van der Waals surface area contributed by atoms with Gasteiger partial charge in [-0.2, -0.15) is 0 Å². The van der Waals surface area contributed by atoms with Crippen molar-refractivity contribution >= 4 is 11.8 Å². The highest BCUT2D eigenvalue weighted by Gasteiger charge is 2.27. The predicted octanol–water partition coefficient (Wildman–Crippen LogP) is 1.73. The molecule has 122 valence electrons. The molecule has 1 saturated heterocycles. The van der Waals surface area contributed by atoms with Crippen molar-refractivity contribution < 1.29 is 18.7 Å². The number of nitrogens with one attached hydrogen (secondary N) is 1. The van der Waals surface area contributed by atoms with Crippen LogP contribution in [0, 0.1) is 6.92 Å². The average Bonchev–Trinajstić information content (AvgIpc) is 2.93. The third-order valence-corrected chi connectivity index (χ3v) is 4.00. The molecule has 0 spiro atoms. The minimum Gasteiger partial charge on any atom is -0.469 e. The van der Waals surface area contributed by atoms with Crippen LogP contribution in [0.5, 0.6) is 0 Å². The molecule has 0 saturated carbocycles. The third kappa shape index (κ3) is 3.88. The maximum Gasteiger partial charge on any atom is 0.257 e. The van der Waals surface area contributed by atoms with Crippen molar-refractivity contribution in [1.82, 2.24) is 10.2 Å². The number of piperidine rings is 1. The lowest BCUT2D eigenvalue weighted by Gasteiger charge is -2.32. The van der Waals surface area contributed by atoms with Gasteiger partial charge in [0.1, 0.15) is 11.9 Å². The molecule has 0 radical (unpaired) electrons. The summed E-state index contributed by atoms with van der Waals surface area (Å²) in [5.74, 6) is 0.557. The first-order chi connectivity index (χ1) is 10.5. The van der Waals surface area contributed by atoms with Crippen LogP contribution >= 0.6 is 0 Å². The number of carbonyl (C=O) groups is 2. The van der Waals surface area contributed by atoms with Gasteiger partial charge >= 0.3 is 0 Å². The van der Waals surface area contributed by atoms with Crippen molar-refractivity contribution in [3.8, 4) is 0 Å². The summed E-state index contributed by atoms with van der Waals surface area (Å²) < 4.78 is 10.5. The van der Waals surface area contributed by atoms with Gasteiger partial charge in [-0.25, -0.2) is 0 Å². The molecule has 0 unspecified atom stereocenters. The van der Waals surface area contributed by atoms with Gasteiger partial charge in [-0.1, -0.05) is 0 Å². The number of nitrogens with zero attached hydrogens (tertiary/aromatic N) is 1. The van der Waals surface area contributed by atoms with Crippen molar-refractivity contribution in [2.24, 2.45) is 0 Å². The number of hydrogen-bond donors (Lipinski definition) is 1. The van der Waals surface area contributed by atoms with Crippen molar-refractivity contribution in [2.75, 3.05) is 19.7 Å². The third-order valence-electron chi connectivity index (χ3n) is 4.00. The monoisotopic (exact) mass is 308 g/mol. The van der Waals surface area contributed by atoms with Crippen LogP contribution in [0.25, 0.3) is 0 Å². The van der Waals surface area contributed by atoms with Crippen molar-refractivity contribution in [1.29, 1.82) is 0 Å². The Labute approximate surface area is 130 Å². The summed E-state index contributed by atoms with van der Waals surface area (Å²) in [6.45, 7) is 7.20. The van der Waals surface area contributed by atoms with E-state index in [4.69, 9.17) is 9.15 Å². The van der Waals surface area contributed by atoms with Gasteiger partial charge in [-0.05, 0) is 39.7 Å². The summed E-state index contributed by atoms with van der Waals surface area (Å²) >= 11 is 0. The van der Waals surface area contributed by atoms with Crippen LogP contribution in [0.4, 0.5) is 0 Å². The van der Waals surface area contributed by atoms with E-state index >= 15 is 0 Å².